The molecule has 37 heavy (non-hydrogen) atoms. The number of nitrogens with zero attached hydrogens (tertiary/aromatic N) is 1. The highest BCUT2D eigenvalue weighted by atomic mass is 32.2. The van der Waals surface area contributed by atoms with Crippen LogP contribution in [0.3, 0.4) is 0 Å². The molecule has 0 radical (unpaired) electrons. The van der Waals surface area contributed by atoms with Gasteiger partial charge in [0, 0.05) is 17.0 Å². The van der Waals surface area contributed by atoms with Gasteiger partial charge in [0.2, 0.25) is 11.2 Å². The van der Waals surface area contributed by atoms with Gasteiger partial charge in [-0.25, -0.2) is 4.79 Å². The average Bonchev–Trinajstić information content (AvgIpc) is 2.85. The van der Waals surface area contributed by atoms with E-state index in [4.69, 9.17) is 14.2 Å². The second-order valence-electron chi connectivity index (χ2n) is 7.87. The van der Waals surface area contributed by atoms with Crippen LogP contribution < -0.4 is 9.47 Å². The fourth-order valence-electron chi connectivity index (χ4n) is 3.11. The molecule has 0 bridgehead atoms. The molecule has 0 saturated carbocycles. The van der Waals surface area contributed by atoms with E-state index in [9.17, 15) is 28.1 Å². The van der Waals surface area contributed by atoms with Gasteiger partial charge in [-0.1, -0.05) is 43.3 Å². The lowest BCUT2D eigenvalue weighted by atomic mass is 10.1. The zero-order valence-corrected chi connectivity index (χ0v) is 20.8. The van der Waals surface area contributed by atoms with Crippen LogP contribution in [-0.2, 0) is 15.7 Å². The van der Waals surface area contributed by atoms with Crippen molar-refractivity contribution in [1.82, 2.24) is 0 Å². The van der Waals surface area contributed by atoms with Gasteiger partial charge in [-0.3, -0.25) is 10.1 Å². The fraction of sp³-hybridized carbons (Fsp3) is 0.269. The van der Waals surface area contributed by atoms with Crippen LogP contribution in [0.25, 0.3) is 0 Å². The highest BCUT2D eigenvalue weighted by molar-refractivity contribution is 8.00. The third-order valence-electron chi connectivity index (χ3n) is 5.01. The monoisotopic (exact) mass is 535 g/mol. The lowest BCUT2D eigenvalue weighted by molar-refractivity contribution is -0.385. The molecule has 11 heteroatoms. The molecule has 0 aliphatic rings. The van der Waals surface area contributed by atoms with E-state index in [1.807, 2.05) is 6.92 Å². The molecule has 0 fully saturated rings. The lowest BCUT2D eigenvalue weighted by Crippen LogP contribution is -2.27. The van der Waals surface area contributed by atoms with Crippen LogP contribution in [0.5, 0.6) is 17.2 Å². The molecule has 3 aromatic rings. The molecule has 0 aromatic heterocycles. The summed E-state index contributed by atoms with van der Waals surface area (Å²) in [5.41, 5.74) is -2.29. The van der Waals surface area contributed by atoms with E-state index in [0.29, 0.717) is 11.3 Å². The van der Waals surface area contributed by atoms with Crippen LogP contribution in [0.15, 0.2) is 71.6 Å². The second kappa shape index (κ2) is 12.5. The molecular weight excluding hydrogens is 511 g/mol. The molecule has 7 nitrogen and oxygen atoms in total. The fourth-order valence-corrected chi connectivity index (χ4v) is 3.99. The number of hydrogen-bond donors (Lipinski definition) is 0. The standard InChI is InChI=1S/C26H24F3NO6S/c1-3-4-14-34-24(31)25(37-20-8-6-5-7-9-20)36-23-16-19(11-12-21(23)30(32)33)35-22-13-10-18(15-17(22)2)26(27,28)29/h5-13,15-16,25H,3-4,14H2,1-2H3. The maximum atomic E-state index is 13.0. The molecule has 196 valence electrons. The second-order valence-corrected chi connectivity index (χ2v) is 9.00. The number of carbonyl (C=O) groups excluding carboxylic acids is 1. The molecule has 3 rings (SSSR count). The molecular formula is C26H24F3NO6S. The number of hydrogen-bond acceptors (Lipinski definition) is 7. The number of halogens is 3. The number of carbonyl (C=O) groups is 1. The summed E-state index contributed by atoms with van der Waals surface area (Å²) < 4.78 is 55.7. The van der Waals surface area contributed by atoms with Gasteiger partial charge in [-0.05, 0) is 55.3 Å². The summed E-state index contributed by atoms with van der Waals surface area (Å²) in [4.78, 5) is 24.4. The van der Waals surface area contributed by atoms with E-state index in [1.54, 1.807) is 30.3 Å². The SMILES string of the molecule is CCCCOC(=O)C(Oc1cc(Oc2ccc(C(F)(F)F)cc2C)ccc1[N+](=O)[O-])Sc1ccccc1. The van der Waals surface area contributed by atoms with Gasteiger partial charge in [0.1, 0.15) is 11.5 Å². The van der Waals surface area contributed by atoms with E-state index in [-0.39, 0.29) is 29.4 Å². The third kappa shape index (κ3) is 7.88. The van der Waals surface area contributed by atoms with Gasteiger partial charge >= 0.3 is 17.8 Å². The topological polar surface area (TPSA) is 87.9 Å². The summed E-state index contributed by atoms with van der Waals surface area (Å²) in [7, 11) is 0. The van der Waals surface area contributed by atoms with Gasteiger partial charge in [-0.15, -0.1) is 0 Å². The summed E-state index contributed by atoms with van der Waals surface area (Å²) in [6.07, 6.45) is -3.06. The Morgan fingerprint density at radius 3 is 2.41 bits per heavy atom. The summed E-state index contributed by atoms with van der Waals surface area (Å²) in [6.45, 7) is 3.56. The summed E-state index contributed by atoms with van der Waals surface area (Å²) in [6, 6.07) is 15.5. The highest BCUT2D eigenvalue weighted by Crippen LogP contribution is 2.38. The molecule has 0 heterocycles. The number of rotatable bonds is 11. The molecule has 0 amide bonds. The molecule has 3 aromatic carbocycles. The predicted molar refractivity (Wildman–Crippen MR) is 132 cm³/mol. The Bertz CT molecular complexity index is 1240. The van der Waals surface area contributed by atoms with Crippen molar-refractivity contribution in [2.24, 2.45) is 0 Å². The Morgan fingerprint density at radius 2 is 1.78 bits per heavy atom. The van der Waals surface area contributed by atoms with Crippen molar-refractivity contribution in [2.75, 3.05) is 6.61 Å². The Morgan fingerprint density at radius 1 is 1.05 bits per heavy atom. The van der Waals surface area contributed by atoms with Gasteiger partial charge in [0.15, 0.2) is 0 Å². The summed E-state index contributed by atoms with van der Waals surface area (Å²) in [5, 5.41) is 11.7. The zero-order chi connectivity index (χ0) is 27.0. The quantitative estimate of drug-likeness (QED) is 0.0625. The predicted octanol–water partition coefficient (Wildman–Crippen LogP) is 7.55. The van der Waals surface area contributed by atoms with Crippen molar-refractivity contribution in [3.63, 3.8) is 0 Å². The van der Waals surface area contributed by atoms with Gasteiger partial charge < -0.3 is 14.2 Å². The van der Waals surface area contributed by atoms with Crippen molar-refractivity contribution < 1.29 is 37.1 Å². The van der Waals surface area contributed by atoms with Crippen molar-refractivity contribution in [2.45, 2.75) is 43.2 Å². The first-order chi connectivity index (χ1) is 17.6. The van der Waals surface area contributed by atoms with E-state index in [1.165, 1.54) is 25.1 Å². The van der Waals surface area contributed by atoms with Crippen LogP contribution >= 0.6 is 11.8 Å². The van der Waals surface area contributed by atoms with Crippen molar-refractivity contribution >= 4 is 23.4 Å². The minimum absolute atomic E-state index is 0.0753. The average molecular weight is 536 g/mol. The number of nitro groups is 1. The third-order valence-corrected chi connectivity index (χ3v) is 6.06. The number of unbranched alkanes of at least 4 members (excludes halogenated alkanes) is 1. The van der Waals surface area contributed by atoms with E-state index in [0.717, 1.165) is 36.4 Å². The van der Waals surface area contributed by atoms with Crippen LogP contribution in [0, 0.1) is 17.0 Å². The Labute approximate surface area is 215 Å². The van der Waals surface area contributed by atoms with E-state index >= 15 is 0 Å². The Balaban J connectivity index is 1.90. The van der Waals surface area contributed by atoms with Crippen LogP contribution in [0.1, 0.15) is 30.9 Å². The maximum Gasteiger partial charge on any atom is 0.416 e. The largest absolute Gasteiger partial charge is 0.462 e. The number of ether oxygens (including phenoxy) is 3. The van der Waals surface area contributed by atoms with Crippen LogP contribution in [0.2, 0.25) is 0 Å². The number of thioether (sulfide) groups is 1. The van der Waals surface area contributed by atoms with Crippen molar-refractivity contribution in [1.29, 1.82) is 0 Å². The smallest absolute Gasteiger partial charge is 0.416 e. The number of aryl methyl sites for hydroxylation is 1. The molecule has 1 atom stereocenters. The lowest BCUT2D eigenvalue weighted by Gasteiger charge is -2.18. The minimum atomic E-state index is -4.51. The molecule has 0 N–H and O–H groups in total. The number of esters is 1. The van der Waals surface area contributed by atoms with Gasteiger partial charge in [-0.2, -0.15) is 13.2 Å². The molecule has 1 unspecified atom stereocenters. The van der Waals surface area contributed by atoms with Gasteiger partial charge in [0.05, 0.1) is 17.1 Å². The molecule has 0 aliphatic carbocycles. The van der Waals surface area contributed by atoms with Crippen molar-refractivity contribution in [3.05, 3.63) is 88.0 Å². The Kier molecular flexibility index (Phi) is 9.40. The number of benzene rings is 3. The maximum absolute atomic E-state index is 13.0. The summed E-state index contributed by atoms with van der Waals surface area (Å²) >= 11 is 1.02. The molecule has 0 saturated heterocycles. The van der Waals surface area contributed by atoms with Crippen LogP contribution in [0.4, 0.5) is 18.9 Å². The first-order valence-electron chi connectivity index (χ1n) is 11.3. The van der Waals surface area contributed by atoms with E-state index < -0.39 is 33.8 Å². The molecule has 0 spiro atoms. The van der Waals surface area contributed by atoms with Crippen LogP contribution in [-0.4, -0.2) is 22.9 Å². The van der Waals surface area contributed by atoms with Gasteiger partial charge in [0.25, 0.3) is 0 Å². The minimum Gasteiger partial charge on any atom is -0.462 e. The van der Waals surface area contributed by atoms with Crippen molar-refractivity contribution in [3.8, 4) is 17.2 Å². The summed E-state index contributed by atoms with van der Waals surface area (Å²) in [5.74, 6) is -0.761. The zero-order valence-electron chi connectivity index (χ0n) is 20.0. The first kappa shape index (κ1) is 27.9. The normalized spacial score (nSPS) is 12.0. The number of alkyl halides is 3. The first-order valence-corrected chi connectivity index (χ1v) is 12.2. The van der Waals surface area contributed by atoms with E-state index in [2.05, 4.69) is 0 Å². The highest BCUT2D eigenvalue weighted by Gasteiger charge is 2.31. The Hall–Kier alpha value is -3.73. The molecule has 0 aliphatic heterocycles. The number of nitro benzene ring substituents is 1.